The molecule has 0 aromatic heterocycles. The number of benzene rings is 6. The average molecular weight is 804 g/mol. The first-order chi connectivity index (χ1) is 28.5. The molecule has 0 radical (unpaired) electrons. The zero-order valence-corrected chi connectivity index (χ0v) is 39.4. The highest BCUT2D eigenvalue weighted by atomic mass is 15.2. The van der Waals surface area contributed by atoms with E-state index in [1.807, 2.05) is 0 Å². The van der Waals surface area contributed by atoms with Gasteiger partial charge in [-0.05, 0) is 156 Å². The fourth-order valence-electron chi connectivity index (χ4n) is 10.1. The first-order valence-electron chi connectivity index (χ1n) is 22.6. The Balaban J connectivity index is 1.29. The summed E-state index contributed by atoms with van der Waals surface area (Å²) >= 11 is 0. The molecule has 0 saturated heterocycles. The van der Waals surface area contributed by atoms with E-state index < -0.39 is 0 Å². The molecule has 0 fully saturated rings. The van der Waals surface area contributed by atoms with Crippen molar-refractivity contribution < 1.29 is 0 Å². The fraction of sp³-hybridized carbons (Fsp3) is 0.368. The summed E-state index contributed by atoms with van der Waals surface area (Å²) in [6, 6.07) is 45.0. The Morgan fingerprint density at radius 2 is 1.03 bits per heavy atom. The van der Waals surface area contributed by atoms with Crippen molar-refractivity contribution in [1.29, 1.82) is 0 Å². The zero-order valence-electron chi connectivity index (χ0n) is 39.4. The Bertz CT molecular complexity index is 2620. The van der Waals surface area contributed by atoms with Gasteiger partial charge in [-0.3, -0.25) is 0 Å². The molecule has 0 atom stereocenters. The average Bonchev–Trinajstić information content (AvgIpc) is 3.51. The lowest BCUT2D eigenvalue weighted by Crippen LogP contribution is -2.60. The molecule has 0 bridgehead atoms. The van der Waals surface area contributed by atoms with Gasteiger partial charge in [-0.25, -0.2) is 0 Å². The molecule has 0 saturated carbocycles. The summed E-state index contributed by atoms with van der Waals surface area (Å²) in [5, 5.41) is 4.04. The Morgan fingerprint density at radius 3 is 1.61 bits per heavy atom. The molecule has 3 aliphatic rings. The second kappa shape index (κ2) is 13.9. The van der Waals surface area contributed by atoms with E-state index in [0.29, 0.717) is 0 Å². The van der Waals surface area contributed by atoms with E-state index in [2.05, 4.69) is 227 Å². The molecular weight excluding hydrogens is 737 g/mol. The highest BCUT2D eigenvalue weighted by molar-refractivity contribution is 7.00. The van der Waals surface area contributed by atoms with E-state index in [9.17, 15) is 0 Å². The molecule has 61 heavy (non-hydrogen) atoms. The van der Waals surface area contributed by atoms with Gasteiger partial charge in [-0.15, -0.1) is 0 Å². The molecule has 4 heteroatoms. The first-order valence-corrected chi connectivity index (χ1v) is 22.6. The highest BCUT2D eigenvalue weighted by Crippen LogP contribution is 2.49. The van der Waals surface area contributed by atoms with Gasteiger partial charge >= 0.3 is 0 Å². The largest absolute Gasteiger partial charge is 0.356 e. The van der Waals surface area contributed by atoms with Crippen LogP contribution in [0.25, 0.3) is 0 Å². The highest BCUT2D eigenvalue weighted by Gasteiger charge is 2.43. The van der Waals surface area contributed by atoms with Crippen LogP contribution in [-0.4, -0.2) is 6.71 Å². The van der Waals surface area contributed by atoms with Crippen molar-refractivity contribution in [2.24, 2.45) is 5.41 Å². The van der Waals surface area contributed by atoms with Crippen LogP contribution < -0.4 is 31.5 Å². The number of nitrogens with zero attached hydrogens (tertiary/aromatic N) is 2. The Labute approximate surface area is 367 Å². The SMILES string of the molecule is CC1(C)Cc2cccc(N3c4cc(C(C)(C)C)ccc4B4c5cc(N(c6ccc(C(C)(C)C)cc6)c6ccc(C(C)(C)C)cc6)ccc5Nc5cc(C(C)(C)C)cc3c54)c2C1. The molecule has 1 N–H and O–H groups in total. The van der Waals surface area contributed by atoms with Gasteiger partial charge in [0.25, 0.3) is 6.71 Å². The summed E-state index contributed by atoms with van der Waals surface area (Å²) < 4.78 is 0. The third-order valence-corrected chi connectivity index (χ3v) is 13.7. The van der Waals surface area contributed by atoms with Crippen molar-refractivity contribution in [1.82, 2.24) is 0 Å². The quantitative estimate of drug-likeness (QED) is 0.179. The van der Waals surface area contributed by atoms with Crippen molar-refractivity contribution in [2.75, 3.05) is 15.1 Å². The van der Waals surface area contributed by atoms with E-state index >= 15 is 0 Å². The lowest BCUT2D eigenvalue weighted by molar-refractivity contribution is 0.393. The van der Waals surface area contributed by atoms with Crippen molar-refractivity contribution in [3.63, 3.8) is 0 Å². The molecule has 6 aromatic rings. The number of anilines is 8. The lowest BCUT2D eigenvalue weighted by atomic mass is 9.33. The maximum Gasteiger partial charge on any atom is 0.252 e. The van der Waals surface area contributed by atoms with Crippen LogP contribution in [0, 0.1) is 5.41 Å². The molecule has 3 nitrogen and oxygen atoms in total. The second-order valence-corrected chi connectivity index (χ2v) is 23.3. The van der Waals surface area contributed by atoms with Crippen LogP contribution in [0.1, 0.15) is 130 Å². The molecule has 9 rings (SSSR count). The molecule has 0 unspecified atom stereocenters. The van der Waals surface area contributed by atoms with Gasteiger partial charge in [0.05, 0.1) is 0 Å². The van der Waals surface area contributed by atoms with Gasteiger partial charge in [0.1, 0.15) is 0 Å². The summed E-state index contributed by atoms with van der Waals surface area (Å²) in [5.41, 5.74) is 22.4. The third-order valence-electron chi connectivity index (χ3n) is 13.7. The van der Waals surface area contributed by atoms with Crippen LogP contribution in [0.15, 0.2) is 115 Å². The van der Waals surface area contributed by atoms with Crippen LogP contribution >= 0.6 is 0 Å². The Kier molecular flexibility index (Phi) is 9.38. The molecule has 1 aliphatic carbocycles. The summed E-state index contributed by atoms with van der Waals surface area (Å²) in [6.07, 6.45) is 2.18. The van der Waals surface area contributed by atoms with Crippen LogP contribution in [0.5, 0.6) is 0 Å². The maximum absolute atomic E-state index is 4.04. The Hall–Kier alpha value is -5.22. The van der Waals surface area contributed by atoms with E-state index in [0.717, 1.165) is 29.9 Å². The standard InChI is InChI=1S/C57H66BN3/c1-53(2,3)37-18-23-41(24-19-37)60(42-25-20-38(21-26-42)54(4,5)6)43-27-29-47-46(33-43)58-45-28-22-39(55(7,8)9)31-50(45)61(49-17-15-16-36-34-57(13,14)35-44(36)49)51-32-40(56(10,11)12)30-48(59-47)52(51)58/h15-33,59H,34-35H2,1-14H3. The van der Waals surface area contributed by atoms with Crippen LogP contribution in [-0.2, 0) is 34.5 Å². The molecule has 0 spiro atoms. The van der Waals surface area contributed by atoms with Crippen LogP contribution in [0.4, 0.5) is 45.5 Å². The fourth-order valence-corrected chi connectivity index (χ4v) is 10.1. The minimum Gasteiger partial charge on any atom is -0.356 e. The first kappa shape index (κ1) is 41.2. The predicted molar refractivity (Wildman–Crippen MR) is 266 cm³/mol. The third kappa shape index (κ3) is 7.28. The lowest BCUT2D eigenvalue weighted by Gasteiger charge is -2.43. The smallest absolute Gasteiger partial charge is 0.252 e. The summed E-state index contributed by atoms with van der Waals surface area (Å²) in [4.78, 5) is 5.11. The number of hydrogen-bond donors (Lipinski definition) is 1. The van der Waals surface area contributed by atoms with E-state index in [1.165, 1.54) is 78.2 Å². The normalized spacial score (nSPS) is 15.4. The predicted octanol–water partition coefficient (Wildman–Crippen LogP) is 13.8. The maximum atomic E-state index is 4.04. The minimum atomic E-state index is -0.0434. The summed E-state index contributed by atoms with van der Waals surface area (Å²) in [7, 11) is 0. The van der Waals surface area contributed by atoms with Gasteiger partial charge < -0.3 is 15.1 Å². The number of nitrogens with one attached hydrogen (secondary N) is 1. The molecule has 312 valence electrons. The Morgan fingerprint density at radius 1 is 0.492 bits per heavy atom. The van der Waals surface area contributed by atoms with Crippen molar-refractivity contribution in [3.8, 4) is 0 Å². The summed E-state index contributed by atoms with van der Waals surface area (Å²) in [5.74, 6) is 0. The van der Waals surface area contributed by atoms with Gasteiger partial charge in [0, 0.05) is 45.5 Å². The van der Waals surface area contributed by atoms with Crippen molar-refractivity contribution in [3.05, 3.63) is 149 Å². The molecule has 6 aromatic carbocycles. The van der Waals surface area contributed by atoms with Crippen molar-refractivity contribution >= 4 is 68.6 Å². The van der Waals surface area contributed by atoms with Gasteiger partial charge in [-0.1, -0.05) is 145 Å². The van der Waals surface area contributed by atoms with Gasteiger partial charge in [0.15, 0.2) is 0 Å². The van der Waals surface area contributed by atoms with E-state index in [1.54, 1.807) is 0 Å². The van der Waals surface area contributed by atoms with Crippen molar-refractivity contribution in [2.45, 2.75) is 131 Å². The molecule has 2 heterocycles. The van der Waals surface area contributed by atoms with Gasteiger partial charge in [0.2, 0.25) is 0 Å². The number of fused-ring (bicyclic) bond motifs is 5. The molecular formula is C57H66BN3. The topological polar surface area (TPSA) is 18.5 Å². The van der Waals surface area contributed by atoms with E-state index in [-0.39, 0.29) is 33.8 Å². The van der Waals surface area contributed by atoms with Crippen LogP contribution in [0.3, 0.4) is 0 Å². The van der Waals surface area contributed by atoms with Crippen LogP contribution in [0.2, 0.25) is 0 Å². The minimum absolute atomic E-state index is 0.00913. The molecule has 2 aliphatic heterocycles. The number of hydrogen-bond acceptors (Lipinski definition) is 3. The second-order valence-electron chi connectivity index (χ2n) is 23.3. The van der Waals surface area contributed by atoms with Gasteiger partial charge in [-0.2, -0.15) is 0 Å². The number of rotatable bonds is 4. The van der Waals surface area contributed by atoms with E-state index in [4.69, 9.17) is 0 Å². The zero-order chi connectivity index (χ0) is 43.6. The summed E-state index contributed by atoms with van der Waals surface area (Å²) in [6.45, 7) is 32.7. The molecule has 0 amide bonds. The monoisotopic (exact) mass is 804 g/mol.